The van der Waals surface area contributed by atoms with E-state index in [4.69, 9.17) is 5.73 Å². The summed E-state index contributed by atoms with van der Waals surface area (Å²) in [5.74, 6) is 6.15. The number of rotatable bonds is 0. The van der Waals surface area contributed by atoms with Crippen LogP contribution in [0.1, 0.15) is 11.4 Å². The molecule has 74 valence electrons. The molecule has 0 unspecified atom stereocenters. The molecule has 5 heteroatoms. The number of nitrogens with zero attached hydrogens (tertiary/aromatic N) is 4. The van der Waals surface area contributed by atoms with Crippen LogP contribution in [0, 0.1) is 11.8 Å². The molecule has 0 atom stereocenters. The predicted octanol–water partition coefficient (Wildman–Crippen LogP) is 0.192. The molecule has 0 aliphatic heterocycles. The smallest absolute Gasteiger partial charge is 0.135 e. The van der Waals surface area contributed by atoms with Gasteiger partial charge in [-0.3, -0.25) is 4.68 Å². The molecule has 0 spiro atoms. The van der Waals surface area contributed by atoms with E-state index < -0.39 is 0 Å². The summed E-state index contributed by atoms with van der Waals surface area (Å²) in [6, 6.07) is 3.45. The predicted molar refractivity (Wildman–Crippen MR) is 55.6 cm³/mol. The van der Waals surface area contributed by atoms with Crippen LogP contribution in [0.4, 0.5) is 5.82 Å². The number of hydrogen-bond acceptors (Lipinski definition) is 4. The van der Waals surface area contributed by atoms with Gasteiger partial charge in [0.25, 0.3) is 0 Å². The molecular formula is C10H9N5. The Kier molecular flexibility index (Phi) is 2.33. The van der Waals surface area contributed by atoms with Crippen molar-refractivity contribution in [2.45, 2.75) is 0 Å². The maximum absolute atomic E-state index is 5.49. The zero-order valence-electron chi connectivity index (χ0n) is 8.18. The van der Waals surface area contributed by atoms with Crippen LogP contribution in [0.3, 0.4) is 0 Å². The summed E-state index contributed by atoms with van der Waals surface area (Å²) in [7, 11) is 1.84. The first-order chi connectivity index (χ1) is 7.24. The van der Waals surface area contributed by atoms with Gasteiger partial charge >= 0.3 is 0 Å². The number of hydrogen-bond donors (Lipinski definition) is 1. The van der Waals surface area contributed by atoms with Gasteiger partial charge in [-0.2, -0.15) is 5.10 Å². The summed E-state index contributed by atoms with van der Waals surface area (Å²) >= 11 is 0. The number of nitrogen functional groups attached to an aromatic ring is 1. The highest BCUT2D eigenvalue weighted by molar-refractivity contribution is 5.40. The lowest BCUT2D eigenvalue weighted by molar-refractivity contribution is 0.764. The maximum atomic E-state index is 5.49. The third-order valence-electron chi connectivity index (χ3n) is 1.72. The van der Waals surface area contributed by atoms with Gasteiger partial charge in [-0.05, 0) is 17.9 Å². The van der Waals surface area contributed by atoms with Crippen LogP contribution in [0.25, 0.3) is 0 Å². The molecule has 0 saturated carbocycles. The number of nitrogens with two attached hydrogens (primary N) is 1. The topological polar surface area (TPSA) is 69.6 Å². The summed E-state index contributed by atoms with van der Waals surface area (Å²) in [4.78, 5) is 7.74. The van der Waals surface area contributed by atoms with Crippen molar-refractivity contribution in [1.29, 1.82) is 0 Å². The van der Waals surface area contributed by atoms with Gasteiger partial charge in [-0.1, -0.05) is 0 Å². The highest BCUT2D eigenvalue weighted by Crippen LogP contribution is 1.97. The van der Waals surface area contributed by atoms with Crippen molar-refractivity contribution in [3.63, 3.8) is 0 Å². The summed E-state index contributed by atoms with van der Waals surface area (Å²) in [5.41, 5.74) is 6.79. The summed E-state index contributed by atoms with van der Waals surface area (Å²) in [6.45, 7) is 0. The first kappa shape index (κ1) is 9.21. The van der Waals surface area contributed by atoms with E-state index in [1.807, 2.05) is 19.3 Å². The fourth-order valence-corrected chi connectivity index (χ4v) is 1.05. The van der Waals surface area contributed by atoms with Gasteiger partial charge in [0, 0.05) is 19.3 Å². The van der Waals surface area contributed by atoms with Gasteiger partial charge in [0.2, 0.25) is 0 Å². The largest absolute Gasteiger partial charge is 0.384 e. The quantitative estimate of drug-likeness (QED) is 0.615. The van der Waals surface area contributed by atoms with Crippen LogP contribution in [-0.2, 0) is 7.05 Å². The molecule has 2 aromatic heterocycles. The Balaban J connectivity index is 2.25. The average Bonchev–Trinajstić information content (AvgIpc) is 2.62. The lowest BCUT2D eigenvalue weighted by atomic mass is 10.3. The maximum Gasteiger partial charge on any atom is 0.135 e. The number of anilines is 1. The minimum Gasteiger partial charge on any atom is -0.384 e. The third-order valence-corrected chi connectivity index (χ3v) is 1.72. The van der Waals surface area contributed by atoms with E-state index in [9.17, 15) is 0 Å². The van der Waals surface area contributed by atoms with Crippen LogP contribution in [0.15, 0.2) is 24.7 Å². The van der Waals surface area contributed by atoms with Crippen molar-refractivity contribution >= 4 is 5.82 Å². The molecular weight excluding hydrogens is 190 g/mol. The van der Waals surface area contributed by atoms with Gasteiger partial charge in [0.05, 0.1) is 0 Å². The van der Waals surface area contributed by atoms with Crippen LogP contribution >= 0.6 is 0 Å². The van der Waals surface area contributed by atoms with Crippen molar-refractivity contribution in [2.75, 3.05) is 5.73 Å². The Hall–Kier alpha value is -2.35. The van der Waals surface area contributed by atoms with Crippen molar-refractivity contribution in [1.82, 2.24) is 19.7 Å². The SMILES string of the molecule is Cn1ccc(C#Cc2cc(N)ncn2)n1. The van der Waals surface area contributed by atoms with Gasteiger partial charge in [-0.25, -0.2) is 9.97 Å². The van der Waals surface area contributed by atoms with Gasteiger partial charge in [-0.15, -0.1) is 0 Å². The van der Waals surface area contributed by atoms with Gasteiger partial charge < -0.3 is 5.73 Å². The van der Waals surface area contributed by atoms with E-state index in [0.29, 0.717) is 17.2 Å². The molecule has 2 rings (SSSR count). The molecule has 0 bridgehead atoms. The van der Waals surface area contributed by atoms with Crippen molar-refractivity contribution < 1.29 is 0 Å². The minimum absolute atomic E-state index is 0.412. The molecule has 15 heavy (non-hydrogen) atoms. The Labute approximate surface area is 87.0 Å². The second-order valence-corrected chi connectivity index (χ2v) is 2.95. The molecule has 0 saturated heterocycles. The fraction of sp³-hybridized carbons (Fsp3) is 0.100. The molecule has 0 aromatic carbocycles. The van der Waals surface area contributed by atoms with E-state index in [-0.39, 0.29) is 0 Å². The van der Waals surface area contributed by atoms with E-state index in [1.54, 1.807) is 10.7 Å². The zero-order chi connectivity index (χ0) is 10.7. The standard InChI is InChI=1S/C10H9N5/c1-15-5-4-8(14-15)2-3-9-6-10(11)13-7-12-9/h4-7H,1H3,(H2,11,12,13). The molecule has 0 aliphatic rings. The highest BCUT2D eigenvalue weighted by atomic mass is 15.2. The lowest BCUT2D eigenvalue weighted by Crippen LogP contribution is -1.92. The van der Waals surface area contributed by atoms with Crippen LogP contribution < -0.4 is 5.73 Å². The first-order valence-corrected chi connectivity index (χ1v) is 4.33. The molecule has 0 aliphatic carbocycles. The average molecular weight is 199 g/mol. The Morgan fingerprint density at radius 2 is 2.07 bits per heavy atom. The Bertz CT molecular complexity index is 532. The van der Waals surface area contributed by atoms with E-state index >= 15 is 0 Å². The summed E-state index contributed by atoms with van der Waals surface area (Å²) in [5, 5.41) is 4.12. The third kappa shape index (κ3) is 2.31. The van der Waals surface area contributed by atoms with Crippen LogP contribution in [0.5, 0.6) is 0 Å². The monoisotopic (exact) mass is 199 g/mol. The highest BCUT2D eigenvalue weighted by Gasteiger charge is 1.92. The van der Waals surface area contributed by atoms with Crippen molar-refractivity contribution in [3.05, 3.63) is 36.0 Å². The zero-order valence-corrected chi connectivity index (χ0v) is 8.18. The molecule has 0 amide bonds. The summed E-state index contributed by atoms with van der Waals surface area (Å²) < 4.78 is 1.69. The Morgan fingerprint density at radius 1 is 1.27 bits per heavy atom. The second-order valence-electron chi connectivity index (χ2n) is 2.95. The normalized spacial score (nSPS) is 9.40. The Morgan fingerprint density at radius 3 is 2.73 bits per heavy atom. The molecule has 2 heterocycles. The van der Waals surface area contributed by atoms with E-state index in [1.165, 1.54) is 6.33 Å². The van der Waals surface area contributed by atoms with Crippen LogP contribution in [-0.4, -0.2) is 19.7 Å². The van der Waals surface area contributed by atoms with Gasteiger partial charge in [0.1, 0.15) is 23.5 Å². The molecule has 2 N–H and O–H groups in total. The second kappa shape index (κ2) is 3.80. The first-order valence-electron chi connectivity index (χ1n) is 4.33. The lowest BCUT2D eigenvalue weighted by Gasteiger charge is -1.90. The molecule has 0 fully saturated rings. The number of aromatic nitrogens is 4. The fourth-order valence-electron chi connectivity index (χ4n) is 1.05. The molecule has 2 aromatic rings. The molecule has 5 nitrogen and oxygen atoms in total. The summed E-state index contributed by atoms with van der Waals surface area (Å²) in [6.07, 6.45) is 3.22. The molecule has 0 radical (unpaired) electrons. The van der Waals surface area contributed by atoms with Gasteiger partial charge in [0.15, 0.2) is 0 Å². The van der Waals surface area contributed by atoms with Crippen LogP contribution in [0.2, 0.25) is 0 Å². The number of aryl methyl sites for hydroxylation is 1. The van der Waals surface area contributed by atoms with Crippen molar-refractivity contribution in [3.8, 4) is 11.8 Å². The van der Waals surface area contributed by atoms with Crippen molar-refractivity contribution in [2.24, 2.45) is 7.05 Å². The minimum atomic E-state index is 0.412. The van der Waals surface area contributed by atoms with E-state index in [0.717, 1.165) is 0 Å². The van der Waals surface area contributed by atoms with E-state index in [2.05, 4.69) is 26.9 Å².